The van der Waals surface area contributed by atoms with Gasteiger partial charge in [-0.05, 0) is 17.0 Å². The summed E-state index contributed by atoms with van der Waals surface area (Å²) in [4.78, 5) is 13.8. The van der Waals surface area contributed by atoms with Crippen molar-refractivity contribution in [2.75, 3.05) is 0 Å². The fourth-order valence-electron chi connectivity index (χ4n) is 2.75. The van der Waals surface area contributed by atoms with Gasteiger partial charge in [-0.1, -0.05) is 74.5 Å². The SMILES string of the molecule is CC(C)C(C(=O)O)N(Cc1ccccc1)Cc1ccccc1. The number of benzene rings is 2. The molecule has 0 heterocycles. The number of nitrogens with zero attached hydrogens (tertiary/aromatic N) is 1. The zero-order valence-corrected chi connectivity index (χ0v) is 13.1. The van der Waals surface area contributed by atoms with Crippen LogP contribution in [0.2, 0.25) is 0 Å². The maximum Gasteiger partial charge on any atom is 0.321 e. The summed E-state index contributed by atoms with van der Waals surface area (Å²) in [6.07, 6.45) is 0. The number of hydrogen-bond donors (Lipinski definition) is 1. The molecule has 0 bridgehead atoms. The zero-order valence-electron chi connectivity index (χ0n) is 13.1. The number of aliphatic carboxylic acids is 1. The lowest BCUT2D eigenvalue weighted by Gasteiger charge is -2.31. The highest BCUT2D eigenvalue weighted by molar-refractivity contribution is 5.73. The Morgan fingerprint density at radius 1 is 0.909 bits per heavy atom. The smallest absolute Gasteiger partial charge is 0.321 e. The number of carboxylic acids is 1. The second-order valence-corrected chi connectivity index (χ2v) is 5.90. The molecule has 1 N–H and O–H groups in total. The molecule has 116 valence electrons. The minimum absolute atomic E-state index is 0.0462. The summed E-state index contributed by atoms with van der Waals surface area (Å²) in [7, 11) is 0. The van der Waals surface area contributed by atoms with E-state index in [2.05, 4.69) is 0 Å². The minimum atomic E-state index is -0.762. The molecule has 0 amide bonds. The first-order valence-electron chi connectivity index (χ1n) is 7.62. The average molecular weight is 297 g/mol. The Labute approximate surface area is 132 Å². The van der Waals surface area contributed by atoms with E-state index in [-0.39, 0.29) is 5.92 Å². The van der Waals surface area contributed by atoms with Crippen LogP contribution < -0.4 is 0 Å². The van der Waals surface area contributed by atoms with Gasteiger partial charge < -0.3 is 5.11 Å². The molecule has 2 rings (SSSR count). The monoisotopic (exact) mass is 297 g/mol. The number of carboxylic acid groups (broad SMARTS) is 1. The van der Waals surface area contributed by atoms with Crippen molar-refractivity contribution in [3.8, 4) is 0 Å². The lowest BCUT2D eigenvalue weighted by molar-refractivity contribution is -0.145. The fraction of sp³-hybridized carbons (Fsp3) is 0.316. The predicted octanol–water partition coefficient (Wildman–Crippen LogP) is 3.80. The molecule has 0 saturated carbocycles. The Morgan fingerprint density at radius 2 is 1.32 bits per heavy atom. The molecule has 3 nitrogen and oxygen atoms in total. The molecular formula is C19H23NO2. The fourth-order valence-corrected chi connectivity index (χ4v) is 2.75. The van der Waals surface area contributed by atoms with Gasteiger partial charge in [-0.2, -0.15) is 0 Å². The average Bonchev–Trinajstić information content (AvgIpc) is 2.48. The molecular weight excluding hydrogens is 274 g/mol. The molecule has 0 spiro atoms. The quantitative estimate of drug-likeness (QED) is 0.845. The Hall–Kier alpha value is -2.13. The summed E-state index contributed by atoms with van der Waals surface area (Å²) in [5.41, 5.74) is 2.26. The molecule has 2 aromatic carbocycles. The summed E-state index contributed by atoms with van der Waals surface area (Å²) in [5.74, 6) is -0.716. The van der Waals surface area contributed by atoms with Crippen molar-refractivity contribution in [2.45, 2.75) is 33.0 Å². The highest BCUT2D eigenvalue weighted by Gasteiger charge is 2.28. The van der Waals surface area contributed by atoms with Crippen molar-refractivity contribution >= 4 is 5.97 Å². The van der Waals surface area contributed by atoms with E-state index in [4.69, 9.17) is 0 Å². The summed E-state index contributed by atoms with van der Waals surface area (Å²) in [5, 5.41) is 9.63. The lowest BCUT2D eigenvalue weighted by atomic mass is 10.0. The molecule has 0 aromatic heterocycles. The summed E-state index contributed by atoms with van der Waals surface area (Å²) < 4.78 is 0. The maximum absolute atomic E-state index is 11.7. The van der Waals surface area contributed by atoms with Gasteiger partial charge in [-0.15, -0.1) is 0 Å². The Balaban J connectivity index is 2.25. The van der Waals surface area contributed by atoms with Crippen LogP contribution in [0.1, 0.15) is 25.0 Å². The highest BCUT2D eigenvalue weighted by atomic mass is 16.4. The third-order valence-corrected chi connectivity index (χ3v) is 3.73. The molecule has 0 radical (unpaired) electrons. The molecule has 22 heavy (non-hydrogen) atoms. The van der Waals surface area contributed by atoms with Crippen LogP contribution in [0.5, 0.6) is 0 Å². The molecule has 0 saturated heterocycles. The van der Waals surface area contributed by atoms with Crippen LogP contribution in [0.3, 0.4) is 0 Å². The third kappa shape index (κ3) is 4.43. The first-order valence-corrected chi connectivity index (χ1v) is 7.62. The molecule has 3 heteroatoms. The lowest BCUT2D eigenvalue weighted by Crippen LogP contribution is -2.43. The Morgan fingerprint density at radius 3 is 1.64 bits per heavy atom. The van der Waals surface area contributed by atoms with Crippen LogP contribution in [-0.2, 0) is 17.9 Å². The largest absolute Gasteiger partial charge is 0.480 e. The molecule has 0 fully saturated rings. The van der Waals surface area contributed by atoms with Gasteiger partial charge in [0.2, 0.25) is 0 Å². The first kappa shape index (κ1) is 16.2. The van der Waals surface area contributed by atoms with E-state index >= 15 is 0 Å². The van der Waals surface area contributed by atoms with Crippen molar-refractivity contribution in [3.05, 3.63) is 71.8 Å². The molecule has 0 aliphatic heterocycles. The van der Waals surface area contributed by atoms with Gasteiger partial charge in [0.1, 0.15) is 6.04 Å². The van der Waals surface area contributed by atoms with E-state index in [9.17, 15) is 9.90 Å². The Kier molecular flexibility index (Phi) is 5.73. The summed E-state index contributed by atoms with van der Waals surface area (Å²) in [6, 6.07) is 19.6. The van der Waals surface area contributed by atoms with Gasteiger partial charge >= 0.3 is 5.97 Å². The number of carbonyl (C=O) groups is 1. The maximum atomic E-state index is 11.7. The van der Waals surface area contributed by atoms with Gasteiger partial charge in [0, 0.05) is 13.1 Å². The van der Waals surface area contributed by atoms with E-state index in [1.54, 1.807) is 0 Å². The van der Waals surface area contributed by atoms with Crippen molar-refractivity contribution in [3.63, 3.8) is 0 Å². The van der Waals surface area contributed by atoms with Gasteiger partial charge in [0.25, 0.3) is 0 Å². The van der Waals surface area contributed by atoms with Crippen LogP contribution in [0.25, 0.3) is 0 Å². The van der Waals surface area contributed by atoms with Crippen LogP contribution in [0.15, 0.2) is 60.7 Å². The van der Waals surface area contributed by atoms with Crippen LogP contribution >= 0.6 is 0 Å². The van der Waals surface area contributed by atoms with E-state index in [1.165, 1.54) is 0 Å². The third-order valence-electron chi connectivity index (χ3n) is 3.73. The standard InChI is InChI=1S/C19H23NO2/c1-15(2)18(19(21)22)20(13-16-9-5-3-6-10-16)14-17-11-7-4-8-12-17/h3-12,15,18H,13-14H2,1-2H3,(H,21,22). The molecule has 2 aromatic rings. The van der Waals surface area contributed by atoms with Gasteiger partial charge in [0.15, 0.2) is 0 Å². The van der Waals surface area contributed by atoms with Crippen molar-refractivity contribution < 1.29 is 9.90 Å². The highest BCUT2D eigenvalue weighted by Crippen LogP contribution is 2.18. The minimum Gasteiger partial charge on any atom is -0.480 e. The normalized spacial score (nSPS) is 12.5. The van der Waals surface area contributed by atoms with Crippen LogP contribution in [-0.4, -0.2) is 22.0 Å². The van der Waals surface area contributed by atoms with E-state index in [1.807, 2.05) is 79.4 Å². The number of rotatable bonds is 7. The van der Waals surface area contributed by atoms with Gasteiger partial charge in [0.05, 0.1) is 0 Å². The van der Waals surface area contributed by atoms with Crippen molar-refractivity contribution in [1.29, 1.82) is 0 Å². The summed E-state index contributed by atoms with van der Waals surface area (Å²) >= 11 is 0. The van der Waals surface area contributed by atoms with Crippen LogP contribution in [0.4, 0.5) is 0 Å². The molecule has 1 atom stereocenters. The second-order valence-electron chi connectivity index (χ2n) is 5.90. The van der Waals surface area contributed by atoms with E-state index < -0.39 is 12.0 Å². The van der Waals surface area contributed by atoms with Crippen molar-refractivity contribution in [2.24, 2.45) is 5.92 Å². The Bertz CT molecular complexity index is 539. The predicted molar refractivity (Wildman–Crippen MR) is 88.4 cm³/mol. The van der Waals surface area contributed by atoms with E-state index in [0.29, 0.717) is 13.1 Å². The number of hydrogen-bond acceptors (Lipinski definition) is 2. The molecule has 0 aliphatic carbocycles. The molecule has 0 aliphatic rings. The topological polar surface area (TPSA) is 40.5 Å². The second kappa shape index (κ2) is 7.76. The van der Waals surface area contributed by atoms with E-state index in [0.717, 1.165) is 11.1 Å². The van der Waals surface area contributed by atoms with Crippen molar-refractivity contribution in [1.82, 2.24) is 4.90 Å². The van der Waals surface area contributed by atoms with Gasteiger partial charge in [-0.25, -0.2) is 0 Å². The zero-order chi connectivity index (χ0) is 15.9. The van der Waals surface area contributed by atoms with Crippen LogP contribution in [0, 0.1) is 5.92 Å². The molecule has 1 unspecified atom stereocenters. The summed E-state index contributed by atoms with van der Waals surface area (Å²) in [6.45, 7) is 5.18. The first-order chi connectivity index (χ1) is 10.6. The van der Waals surface area contributed by atoms with Gasteiger partial charge in [-0.3, -0.25) is 9.69 Å².